The summed E-state index contributed by atoms with van der Waals surface area (Å²) in [7, 11) is 0. The summed E-state index contributed by atoms with van der Waals surface area (Å²) in [6, 6.07) is 23.9. The number of rotatable bonds is 7. The molecule has 5 aromatic rings. The number of nitrogens with one attached hydrogen (secondary N) is 1. The molecule has 0 aliphatic heterocycles. The summed E-state index contributed by atoms with van der Waals surface area (Å²) in [5.74, 6) is -0.00966. The molecule has 2 heterocycles. The summed E-state index contributed by atoms with van der Waals surface area (Å²) in [6.45, 7) is 6.71. The van der Waals surface area contributed by atoms with Crippen LogP contribution in [0.3, 0.4) is 0 Å². The van der Waals surface area contributed by atoms with Gasteiger partial charge in [-0.05, 0) is 59.0 Å². The molecule has 38 heavy (non-hydrogen) atoms. The van der Waals surface area contributed by atoms with Crippen molar-refractivity contribution < 1.29 is 13.9 Å². The number of halogens is 1. The summed E-state index contributed by atoms with van der Waals surface area (Å²) < 4.78 is 19.7. The van der Waals surface area contributed by atoms with E-state index in [4.69, 9.17) is 4.74 Å². The standard InChI is InChI=1S/C30H27FN4O2S/c1-30(2,3)27(19-7-5-4-6-8-19)25-16-23(12-13-24(25)28(36)34-29-35-32-18-38-29)37-17-22-11-9-20-15-21(31)10-14-26(20)33-22/h4-16,18,27H,17H2,1-3H3,(H,34,35,36). The molecular formula is C30H27FN4O2S. The molecular weight excluding hydrogens is 499 g/mol. The van der Waals surface area contributed by atoms with Crippen molar-refractivity contribution in [3.8, 4) is 5.75 Å². The fraction of sp³-hybridized carbons (Fsp3) is 0.200. The van der Waals surface area contributed by atoms with Gasteiger partial charge in [-0.1, -0.05) is 68.5 Å². The highest BCUT2D eigenvalue weighted by Gasteiger charge is 2.31. The minimum Gasteiger partial charge on any atom is -0.487 e. The lowest BCUT2D eigenvalue weighted by molar-refractivity contribution is 0.102. The topological polar surface area (TPSA) is 77.0 Å². The fourth-order valence-corrected chi connectivity index (χ4v) is 5.08. The molecule has 2 aromatic heterocycles. The largest absolute Gasteiger partial charge is 0.487 e. The van der Waals surface area contributed by atoms with Crippen molar-refractivity contribution in [1.29, 1.82) is 0 Å². The second-order valence-electron chi connectivity index (χ2n) is 10.1. The van der Waals surface area contributed by atoms with Gasteiger partial charge in [0.15, 0.2) is 0 Å². The molecule has 0 fully saturated rings. The zero-order chi connectivity index (χ0) is 26.7. The minimum absolute atomic E-state index is 0.0869. The molecule has 0 aliphatic rings. The Morgan fingerprint density at radius 1 is 1.03 bits per heavy atom. The van der Waals surface area contributed by atoms with E-state index in [9.17, 15) is 9.18 Å². The highest BCUT2D eigenvalue weighted by atomic mass is 32.1. The Bertz CT molecular complexity index is 1570. The first-order chi connectivity index (χ1) is 18.3. The van der Waals surface area contributed by atoms with Crippen LogP contribution in [0, 0.1) is 11.2 Å². The number of amides is 1. The molecule has 5 rings (SSSR count). The lowest BCUT2D eigenvalue weighted by Crippen LogP contribution is -2.24. The number of carbonyl (C=O) groups is 1. The number of hydrogen-bond acceptors (Lipinski definition) is 6. The molecule has 0 spiro atoms. The summed E-state index contributed by atoms with van der Waals surface area (Å²) in [5.41, 5.74) is 5.30. The third-order valence-electron chi connectivity index (χ3n) is 6.25. The first kappa shape index (κ1) is 25.5. The van der Waals surface area contributed by atoms with Crippen molar-refractivity contribution in [2.24, 2.45) is 5.41 Å². The van der Waals surface area contributed by atoms with Crippen LogP contribution in [0.25, 0.3) is 10.9 Å². The quantitative estimate of drug-likeness (QED) is 0.242. The highest BCUT2D eigenvalue weighted by Crippen LogP contribution is 2.43. The summed E-state index contributed by atoms with van der Waals surface area (Å²) in [4.78, 5) is 18.0. The molecule has 1 amide bonds. The third kappa shape index (κ3) is 5.70. The highest BCUT2D eigenvalue weighted by molar-refractivity contribution is 7.13. The van der Waals surface area contributed by atoms with Crippen molar-refractivity contribution in [2.75, 3.05) is 5.32 Å². The number of fused-ring (bicyclic) bond motifs is 1. The normalized spacial score (nSPS) is 12.3. The zero-order valence-electron chi connectivity index (χ0n) is 21.3. The average molecular weight is 527 g/mol. The van der Waals surface area contributed by atoms with Crippen LogP contribution in [-0.4, -0.2) is 21.1 Å². The Hall–Kier alpha value is -4.17. The van der Waals surface area contributed by atoms with E-state index in [1.165, 1.54) is 23.5 Å². The molecule has 0 saturated heterocycles. The molecule has 0 radical (unpaired) electrons. The van der Waals surface area contributed by atoms with Gasteiger partial charge < -0.3 is 4.74 Å². The Kier molecular flexibility index (Phi) is 7.15. The van der Waals surface area contributed by atoms with Crippen LogP contribution in [0.5, 0.6) is 5.75 Å². The minimum atomic E-state index is -0.294. The van der Waals surface area contributed by atoms with E-state index >= 15 is 0 Å². The van der Waals surface area contributed by atoms with Gasteiger partial charge in [0.2, 0.25) is 5.13 Å². The summed E-state index contributed by atoms with van der Waals surface area (Å²) in [5, 5.41) is 11.8. The second-order valence-corrected chi connectivity index (χ2v) is 10.9. The van der Waals surface area contributed by atoms with Crippen molar-refractivity contribution in [1.82, 2.24) is 15.2 Å². The van der Waals surface area contributed by atoms with Crippen molar-refractivity contribution in [3.05, 3.63) is 113 Å². The van der Waals surface area contributed by atoms with Gasteiger partial charge in [-0.15, -0.1) is 10.2 Å². The van der Waals surface area contributed by atoms with Gasteiger partial charge in [0.05, 0.1) is 11.2 Å². The van der Waals surface area contributed by atoms with E-state index in [0.29, 0.717) is 22.0 Å². The first-order valence-corrected chi connectivity index (χ1v) is 13.1. The maximum absolute atomic E-state index is 13.5. The number of pyridine rings is 1. The molecule has 0 aliphatic carbocycles. The van der Waals surface area contributed by atoms with Crippen LogP contribution in [0.4, 0.5) is 9.52 Å². The van der Waals surface area contributed by atoms with Crippen LogP contribution in [0.1, 0.15) is 53.9 Å². The molecule has 0 saturated carbocycles. The second kappa shape index (κ2) is 10.7. The van der Waals surface area contributed by atoms with Crippen LogP contribution >= 0.6 is 11.3 Å². The predicted octanol–water partition coefficient (Wildman–Crippen LogP) is 7.23. The van der Waals surface area contributed by atoms with Crippen molar-refractivity contribution in [3.63, 3.8) is 0 Å². The predicted molar refractivity (Wildman–Crippen MR) is 148 cm³/mol. The SMILES string of the molecule is CC(C)(C)C(c1ccccc1)c1cc(OCc2ccc3cc(F)ccc3n2)ccc1C(=O)Nc1nncs1. The number of benzene rings is 3. The number of aromatic nitrogens is 3. The third-order valence-corrected chi connectivity index (χ3v) is 6.86. The van der Waals surface area contributed by atoms with Gasteiger partial charge in [-0.25, -0.2) is 9.37 Å². The lowest BCUT2D eigenvalue weighted by atomic mass is 9.71. The fourth-order valence-electron chi connectivity index (χ4n) is 4.64. The molecule has 6 nitrogen and oxygen atoms in total. The number of ether oxygens (including phenoxy) is 1. The molecule has 8 heteroatoms. The molecule has 1 atom stereocenters. The van der Waals surface area contributed by atoms with Gasteiger partial charge in [-0.2, -0.15) is 0 Å². The van der Waals surface area contributed by atoms with E-state index in [1.807, 2.05) is 36.4 Å². The molecule has 1 unspecified atom stereocenters. The van der Waals surface area contributed by atoms with Gasteiger partial charge in [0.1, 0.15) is 23.7 Å². The Morgan fingerprint density at radius 3 is 2.58 bits per heavy atom. The Balaban J connectivity index is 1.50. The number of hydrogen-bond donors (Lipinski definition) is 1. The number of anilines is 1. The van der Waals surface area contributed by atoms with E-state index in [0.717, 1.165) is 22.2 Å². The van der Waals surface area contributed by atoms with E-state index in [1.54, 1.807) is 23.7 Å². The van der Waals surface area contributed by atoms with E-state index < -0.39 is 0 Å². The maximum atomic E-state index is 13.5. The van der Waals surface area contributed by atoms with Gasteiger partial charge in [0.25, 0.3) is 5.91 Å². The average Bonchev–Trinajstić information content (AvgIpc) is 3.40. The monoisotopic (exact) mass is 526 g/mol. The summed E-state index contributed by atoms with van der Waals surface area (Å²) >= 11 is 1.27. The van der Waals surface area contributed by atoms with Crippen molar-refractivity contribution >= 4 is 33.3 Å². The van der Waals surface area contributed by atoms with Crippen LogP contribution in [0.15, 0.2) is 84.4 Å². The lowest BCUT2D eigenvalue weighted by Gasteiger charge is -2.33. The molecule has 1 N–H and O–H groups in total. The Labute approximate surface area is 224 Å². The van der Waals surface area contributed by atoms with Crippen LogP contribution < -0.4 is 10.1 Å². The number of carbonyl (C=O) groups excluding carboxylic acids is 1. The smallest absolute Gasteiger partial charge is 0.257 e. The maximum Gasteiger partial charge on any atom is 0.257 e. The van der Waals surface area contributed by atoms with Crippen LogP contribution in [0.2, 0.25) is 0 Å². The first-order valence-electron chi connectivity index (χ1n) is 12.2. The van der Waals surface area contributed by atoms with Gasteiger partial charge in [0, 0.05) is 16.9 Å². The van der Waals surface area contributed by atoms with Gasteiger partial charge in [-0.3, -0.25) is 10.1 Å². The number of nitrogens with zero attached hydrogens (tertiary/aromatic N) is 3. The van der Waals surface area contributed by atoms with Crippen LogP contribution in [-0.2, 0) is 6.61 Å². The van der Waals surface area contributed by atoms with Gasteiger partial charge >= 0.3 is 0 Å². The summed E-state index contributed by atoms with van der Waals surface area (Å²) in [6.07, 6.45) is 0. The van der Waals surface area contributed by atoms with Crippen molar-refractivity contribution in [2.45, 2.75) is 33.3 Å². The molecule has 0 bridgehead atoms. The zero-order valence-corrected chi connectivity index (χ0v) is 22.1. The molecule has 192 valence electrons. The van der Waals surface area contributed by atoms with E-state index in [2.05, 4.69) is 53.4 Å². The Morgan fingerprint density at radius 2 is 1.84 bits per heavy atom. The molecule has 3 aromatic carbocycles. The van der Waals surface area contributed by atoms with E-state index in [-0.39, 0.29) is 29.7 Å².